The van der Waals surface area contributed by atoms with Gasteiger partial charge >= 0.3 is 0 Å². The van der Waals surface area contributed by atoms with E-state index < -0.39 is 18.1 Å². The Balaban J connectivity index is 2.10. The molecule has 0 amide bonds. The molecule has 9 heteroatoms. The van der Waals surface area contributed by atoms with E-state index in [2.05, 4.69) is 24.5 Å². The van der Waals surface area contributed by atoms with Gasteiger partial charge in [0, 0.05) is 52.4 Å². The highest BCUT2D eigenvalue weighted by Crippen LogP contribution is 2.25. The fraction of sp³-hybridized carbons (Fsp3) is 0.625. The first-order valence-corrected chi connectivity index (χ1v) is 13.9. The lowest BCUT2D eigenvalue weighted by Crippen LogP contribution is -2.47. The molecule has 1 heterocycles. The van der Waals surface area contributed by atoms with Crippen LogP contribution >= 0.6 is 0 Å². The molecule has 0 bridgehead atoms. The zero-order chi connectivity index (χ0) is 18.8. The molecule has 140 valence electrons. The average Bonchev–Trinajstić information content (AvgIpc) is 2.45. The molecule has 0 N–H and O–H groups in total. The van der Waals surface area contributed by atoms with Crippen LogP contribution in [0.4, 0.5) is 5.69 Å². The van der Waals surface area contributed by atoms with Crippen molar-refractivity contribution in [2.24, 2.45) is 0 Å². The molecule has 1 fully saturated rings. The van der Waals surface area contributed by atoms with E-state index in [1.54, 1.807) is 6.07 Å². The number of nitrogens with zero attached hydrogens (tertiary/aromatic N) is 3. The standard InChI is InChI=1S/C16H27N3O4SSi/c1-24(22,23)18-9-7-17(8-10-18)12-14-5-6-16(19(20)21)15(11-14)13-25(2,3)4/h5-6,11H,7-10,12-13H2,1-4H3. The van der Waals surface area contributed by atoms with E-state index in [4.69, 9.17) is 0 Å². The van der Waals surface area contributed by atoms with Gasteiger partial charge < -0.3 is 0 Å². The number of hydrogen-bond acceptors (Lipinski definition) is 5. The summed E-state index contributed by atoms with van der Waals surface area (Å²) >= 11 is 0. The summed E-state index contributed by atoms with van der Waals surface area (Å²) in [6, 6.07) is 6.16. The second-order valence-corrected chi connectivity index (χ2v) is 15.4. The molecule has 1 aromatic rings. The fourth-order valence-electron chi connectivity index (χ4n) is 3.11. The van der Waals surface area contributed by atoms with Crippen molar-refractivity contribution in [1.82, 2.24) is 9.21 Å². The number of sulfonamides is 1. The second kappa shape index (κ2) is 7.53. The van der Waals surface area contributed by atoms with E-state index in [1.165, 1.54) is 10.6 Å². The molecular weight excluding hydrogens is 358 g/mol. The zero-order valence-electron chi connectivity index (χ0n) is 15.4. The van der Waals surface area contributed by atoms with Gasteiger partial charge in [0.25, 0.3) is 5.69 Å². The molecule has 2 rings (SSSR count). The molecular formula is C16H27N3O4SSi. The molecule has 0 atom stereocenters. The van der Waals surface area contributed by atoms with Crippen molar-refractivity contribution in [3.63, 3.8) is 0 Å². The predicted octanol–water partition coefficient (Wildman–Crippen LogP) is 2.09. The summed E-state index contributed by atoms with van der Waals surface area (Å²) in [6.07, 6.45) is 1.24. The zero-order valence-corrected chi connectivity index (χ0v) is 17.2. The molecule has 7 nitrogen and oxygen atoms in total. The van der Waals surface area contributed by atoms with Gasteiger partial charge in [-0.1, -0.05) is 25.7 Å². The molecule has 0 radical (unpaired) electrons. The Labute approximate surface area is 150 Å². The van der Waals surface area contributed by atoms with Crippen molar-refractivity contribution >= 4 is 23.8 Å². The molecule has 0 aliphatic carbocycles. The molecule has 1 saturated heterocycles. The molecule has 1 aliphatic rings. The van der Waals surface area contributed by atoms with Gasteiger partial charge in [-0.2, -0.15) is 4.31 Å². The largest absolute Gasteiger partial charge is 0.296 e. The van der Waals surface area contributed by atoms with Crippen LogP contribution in [0.1, 0.15) is 11.1 Å². The van der Waals surface area contributed by atoms with Gasteiger partial charge in [-0.15, -0.1) is 0 Å². The molecule has 0 saturated carbocycles. The molecule has 25 heavy (non-hydrogen) atoms. The van der Waals surface area contributed by atoms with Gasteiger partial charge in [-0.05, 0) is 17.7 Å². The monoisotopic (exact) mass is 385 g/mol. The molecule has 1 aromatic carbocycles. The Kier molecular flexibility index (Phi) is 6.03. The van der Waals surface area contributed by atoms with Crippen LogP contribution in [0, 0.1) is 10.1 Å². The van der Waals surface area contributed by atoms with E-state index in [0.29, 0.717) is 32.7 Å². The van der Waals surface area contributed by atoms with Gasteiger partial charge in [0.05, 0.1) is 11.2 Å². The lowest BCUT2D eigenvalue weighted by molar-refractivity contribution is -0.385. The van der Waals surface area contributed by atoms with Crippen LogP contribution in [0.2, 0.25) is 19.6 Å². The van der Waals surface area contributed by atoms with Crippen molar-refractivity contribution in [3.8, 4) is 0 Å². The normalized spacial score (nSPS) is 17.6. The van der Waals surface area contributed by atoms with Crippen LogP contribution in [0.15, 0.2) is 18.2 Å². The Hall–Kier alpha value is -1.29. The quantitative estimate of drug-likeness (QED) is 0.425. The van der Waals surface area contributed by atoms with Crippen LogP contribution in [0.25, 0.3) is 0 Å². The van der Waals surface area contributed by atoms with Crippen LogP contribution in [0.5, 0.6) is 0 Å². The smallest absolute Gasteiger partial charge is 0.272 e. The summed E-state index contributed by atoms with van der Waals surface area (Å²) < 4.78 is 24.7. The predicted molar refractivity (Wildman–Crippen MR) is 102 cm³/mol. The van der Waals surface area contributed by atoms with Crippen molar-refractivity contribution < 1.29 is 13.3 Å². The van der Waals surface area contributed by atoms with E-state index in [0.717, 1.165) is 17.2 Å². The number of rotatable bonds is 6. The minimum absolute atomic E-state index is 0.202. The third kappa shape index (κ3) is 5.88. The van der Waals surface area contributed by atoms with Gasteiger partial charge in [-0.3, -0.25) is 15.0 Å². The highest BCUT2D eigenvalue weighted by molar-refractivity contribution is 7.88. The van der Waals surface area contributed by atoms with Crippen molar-refractivity contribution in [3.05, 3.63) is 39.4 Å². The third-order valence-electron chi connectivity index (χ3n) is 4.27. The molecule has 0 aromatic heterocycles. The van der Waals surface area contributed by atoms with Crippen molar-refractivity contribution in [1.29, 1.82) is 0 Å². The van der Waals surface area contributed by atoms with Gasteiger partial charge in [0.2, 0.25) is 10.0 Å². The number of benzene rings is 1. The summed E-state index contributed by atoms with van der Waals surface area (Å²) in [5, 5.41) is 11.3. The minimum atomic E-state index is -3.13. The molecule has 0 spiro atoms. The number of nitro groups is 1. The fourth-order valence-corrected chi connectivity index (χ4v) is 5.36. The highest BCUT2D eigenvalue weighted by atomic mass is 32.2. The topological polar surface area (TPSA) is 83.8 Å². The number of hydrogen-bond donors (Lipinski definition) is 0. The lowest BCUT2D eigenvalue weighted by atomic mass is 10.1. The Morgan fingerprint density at radius 2 is 1.76 bits per heavy atom. The van der Waals surface area contributed by atoms with E-state index >= 15 is 0 Å². The van der Waals surface area contributed by atoms with Gasteiger partial charge in [0.1, 0.15) is 0 Å². The first-order valence-electron chi connectivity index (χ1n) is 8.39. The first kappa shape index (κ1) is 20.0. The third-order valence-corrected chi connectivity index (χ3v) is 7.01. The Bertz CT molecular complexity index is 738. The van der Waals surface area contributed by atoms with E-state index in [-0.39, 0.29) is 10.6 Å². The Morgan fingerprint density at radius 1 is 1.16 bits per heavy atom. The summed E-state index contributed by atoms with van der Waals surface area (Å²) in [4.78, 5) is 13.2. The van der Waals surface area contributed by atoms with E-state index in [1.807, 2.05) is 12.1 Å². The lowest BCUT2D eigenvalue weighted by Gasteiger charge is -2.33. The summed E-state index contributed by atoms with van der Waals surface area (Å²) in [7, 11) is -4.60. The minimum Gasteiger partial charge on any atom is -0.296 e. The van der Waals surface area contributed by atoms with Gasteiger partial charge in [0.15, 0.2) is 0 Å². The van der Waals surface area contributed by atoms with Crippen LogP contribution < -0.4 is 0 Å². The molecule has 0 unspecified atom stereocenters. The van der Waals surface area contributed by atoms with E-state index in [9.17, 15) is 18.5 Å². The van der Waals surface area contributed by atoms with Crippen molar-refractivity contribution in [2.75, 3.05) is 32.4 Å². The van der Waals surface area contributed by atoms with Crippen LogP contribution in [0.3, 0.4) is 0 Å². The van der Waals surface area contributed by atoms with Gasteiger partial charge in [-0.25, -0.2) is 8.42 Å². The maximum atomic E-state index is 11.6. The average molecular weight is 386 g/mol. The van der Waals surface area contributed by atoms with Crippen LogP contribution in [-0.4, -0.2) is 63.1 Å². The first-order chi connectivity index (χ1) is 11.5. The second-order valence-electron chi connectivity index (χ2n) is 7.90. The highest BCUT2D eigenvalue weighted by Gasteiger charge is 2.25. The molecule has 1 aliphatic heterocycles. The summed E-state index contributed by atoms with van der Waals surface area (Å²) in [6.45, 7) is 9.63. The number of piperazine rings is 1. The number of nitro benzene ring substituents is 1. The summed E-state index contributed by atoms with van der Waals surface area (Å²) in [5.41, 5.74) is 2.07. The van der Waals surface area contributed by atoms with Crippen molar-refractivity contribution in [2.45, 2.75) is 32.2 Å². The Morgan fingerprint density at radius 3 is 2.24 bits per heavy atom. The maximum absolute atomic E-state index is 11.6. The van der Waals surface area contributed by atoms with Crippen LogP contribution in [-0.2, 0) is 22.6 Å². The SMILES string of the molecule is C[Si](C)(C)Cc1cc(CN2CCN(S(C)(=O)=O)CC2)ccc1[N+](=O)[O-]. The maximum Gasteiger partial charge on any atom is 0.272 e. The summed E-state index contributed by atoms with van der Waals surface area (Å²) in [5.74, 6) is 0.